The minimum absolute atomic E-state index is 0.326. The van der Waals surface area contributed by atoms with Gasteiger partial charge >= 0.3 is 6.09 Å². The summed E-state index contributed by atoms with van der Waals surface area (Å²) < 4.78 is 17.4. The van der Waals surface area contributed by atoms with Gasteiger partial charge in [-0.2, -0.15) is 0 Å². The van der Waals surface area contributed by atoms with Gasteiger partial charge in [-0.1, -0.05) is 54.3 Å². The van der Waals surface area contributed by atoms with Gasteiger partial charge < -0.3 is 19.2 Å². The molecule has 1 saturated heterocycles. The maximum atomic E-state index is 13.6. The molecule has 1 amide bonds. The van der Waals surface area contributed by atoms with Crippen molar-refractivity contribution < 1.29 is 19.0 Å². The average molecular weight is 602 g/mol. The molecule has 2 aliphatic rings. The number of carbonyl (C=O) groups is 1. The normalized spacial score (nSPS) is 17.2. The van der Waals surface area contributed by atoms with Gasteiger partial charge in [0.15, 0.2) is 0 Å². The summed E-state index contributed by atoms with van der Waals surface area (Å²) in [6.45, 7) is 8.24. The van der Waals surface area contributed by atoms with E-state index in [-0.39, 0.29) is 12.1 Å². The van der Waals surface area contributed by atoms with Gasteiger partial charge in [0.25, 0.3) is 0 Å². The van der Waals surface area contributed by atoms with Crippen LogP contribution in [-0.2, 0) is 11.2 Å². The fourth-order valence-corrected chi connectivity index (χ4v) is 6.29. The highest BCUT2D eigenvalue weighted by Gasteiger charge is 2.35. The molecule has 0 bridgehead atoms. The SMILES string of the molecule is Cc1ccc(OC(=O)N2CCc3c([nH]c4ccc(Cl)cc34)C2c2ccc(OCCCCCCN3CCOCC3)cc2)cc1. The number of nitrogens with one attached hydrogen (secondary N) is 1. The number of aromatic nitrogens is 1. The quantitative estimate of drug-likeness (QED) is 0.190. The van der Waals surface area contributed by atoms with Crippen molar-refractivity contribution in [3.63, 3.8) is 0 Å². The van der Waals surface area contributed by atoms with E-state index >= 15 is 0 Å². The lowest BCUT2D eigenvalue weighted by molar-refractivity contribution is 0.0371. The first-order chi connectivity index (χ1) is 21.0. The molecule has 226 valence electrons. The first-order valence-electron chi connectivity index (χ1n) is 15.4. The molecule has 4 aromatic rings. The van der Waals surface area contributed by atoms with Crippen LogP contribution in [0.1, 0.15) is 54.1 Å². The number of aromatic amines is 1. The van der Waals surface area contributed by atoms with Crippen molar-refractivity contribution in [1.29, 1.82) is 0 Å². The molecular weight excluding hydrogens is 562 g/mol. The van der Waals surface area contributed by atoms with Crippen molar-refractivity contribution in [2.75, 3.05) is 46.0 Å². The molecule has 1 unspecified atom stereocenters. The van der Waals surface area contributed by atoms with Crippen molar-refractivity contribution in [2.45, 2.75) is 45.1 Å². The summed E-state index contributed by atoms with van der Waals surface area (Å²) in [6.07, 6.45) is 4.98. The van der Waals surface area contributed by atoms with Crippen LogP contribution in [0.5, 0.6) is 11.5 Å². The van der Waals surface area contributed by atoms with E-state index in [4.69, 9.17) is 25.8 Å². The fraction of sp³-hybridized carbons (Fsp3) is 0.400. The maximum absolute atomic E-state index is 13.6. The number of aryl methyl sites for hydroxylation is 1. The van der Waals surface area contributed by atoms with Crippen LogP contribution in [0, 0.1) is 6.92 Å². The van der Waals surface area contributed by atoms with Crippen LogP contribution >= 0.6 is 11.6 Å². The Bertz CT molecular complexity index is 1510. The summed E-state index contributed by atoms with van der Waals surface area (Å²) in [5.74, 6) is 1.37. The van der Waals surface area contributed by atoms with Gasteiger partial charge in [-0.25, -0.2) is 4.79 Å². The lowest BCUT2D eigenvalue weighted by atomic mass is 9.92. The molecule has 3 heterocycles. The summed E-state index contributed by atoms with van der Waals surface area (Å²) in [7, 11) is 0. The Balaban J connectivity index is 1.12. The summed E-state index contributed by atoms with van der Waals surface area (Å²) >= 11 is 6.36. The van der Waals surface area contributed by atoms with Crippen LogP contribution < -0.4 is 9.47 Å². The number of hydrogen-bond acceptors (Lipinski definition) is 5. The number of halogens is 1. The summed E-state index contributed by atoms with van der Waals surface area (Å²) in [4.78, 5) is 21.5. The second-order valence-electron chi connectivity index (χ2n) is 11.5. The van der Waals surface area contributed by atoms with Crippen molar-refractivity contribution in [3.8, 4) is 11.5 Å². The van der Waals surface area contributed by atoms with E-state index in [1.165, 1.54) is 18.4 Å². The van der Waals surface area contributed by atoms with E-state index in [1.807, 2.05) is 66.4 Å². The van der Waals surface area contributed by atoms with E-state index in [1.54, 1.807) is 0 Å². The number of ether oxygens (including phenoxy) is 3. The van der Waals surface area contributed by atoms with Crippen molar-refractivity contribution in [1.82, 2.24) is 14.8 Å². The Morgan fingerprint density at radius 3 is 2.47 bits per heavy atom. The van der Waals surface area contributed by atoms with Gasteiger partial charge in [-0.15, -0.1) is 0 Å². The summed E-state index contributed by atoms with van der Waals surface area (Å²) in [6, 6.07) is 21.2. The van der Waals surface area contributed by atoms with Crippen molar-refractivity contribution >= 4 is 28.6 Å². The highest BCUT2D eigenvalue weighted by molar-refractivity contribution is 6.31. The van der Waals surface area contributed by atoms with Gasteiger partial charge in [0.05, 0.1) is 19.8 Å². The monoisotopic (exact) mass is 601 g/mol. The number of hydrogen-bond donors (Lipinski definition) is 1. The number of unbranched alkanes of at least 4 members (excludes halogenated alkanes) is 3. The van der Waals surface area contributed by atoms with Crippen LogP contribution in [0.25, 0.3) is 10.9 Å². The Morgan fingerprint density at radius 2 is 1.67 bits per heavy atom. The largest absolute Gasteiger partial charge is 0.494 e. The molecule has 1 N–H and O–H groups in total. The predicted molar refractivity (Wildman–Crippen MR) is 170 cm³/mol. The molecule has 0 aliphatic carbocycles. The highest BCUT2D eigenvalue weighted by atomic mass is 35.5. The van der Waals surface area contributed by atoms with Gasteiger partial charge in [-0.3, -0.25) is 9.80 Å². The summed E-state index contributed by atoms with van der Waals surface area (Å²) in [5.41, 5.74) is 5.31. The number of amides is 1. The zero-order valence-electron chi connectivity index (χ0n) is 24.8. The number of rotatable bonds is 10. The minimum Gasteiger partial charge on any atom is -0.494 e. The van der Waals surface area contributed by atoms with Crippen LogP contribution in [0.3, 0.4) is 0 Å². The molecular formula is C35H40ClN3O4. The fourth-order valence-electron chi connectivity index (χ4n) is 6.12. The van der Waals surface area contributed by atoms with E-state index in [0.717, 1.165) is 79.2 Å². The average Bonchev–Trinajstić information content (AvgIpc) is 3.40. The molecule has 7 nitrogen and oxygen atoms in total. The number of carbonyl (C=O) groups excluding carboxylic acids is 1. The molecule has 43 heavy (non-hydrogen) atoms. The first kappa shape index (κ1) is 29.5. The lowest BCUT2D eigenvalue weighted by Crippen LogP contribution is -2.42. The molecule has 6 rings (SSSR count). The third-order valence-electron chi connectivity index (χ3n) is 8.49. The zero-order chi connectivity index (χ0) is 29.6. The second-order valence-corrected chi connectivity index (χ2v) is 12.0. The number of benzene rings is 3. The second kappa shape index (κ2) is 13.8. The van der Waals surface area contributed by atoms with Crippen LogP contribution in [0.4, 0.5) is 4.79 Å². The first-order valence-corrected chi connectivity index (χ1v) is 15.8. The van der Waals surface area contributed by atoms with Crippen molar-refractivity contribution in [2.24, 2.45) is 0 Å². The lowest BCUT2D eigenvalue weighted by Gasteiger charge is -2.35. The van der Waals surface area contributed by atoms with Gasteiger partial charge in [0.1, 0.15) is 17.5 Å². The highest BCUT2D eigenvalue weighted by Crippen LogP contribution is 2.40. The number of morpholine rings is 1. The predicted octanol–water partition coefficient (Wildman–Crippen LogP) is 7.55. The summed E-state index contributed by atoms with van der Waals surface area (Å²) in [5, 5.41) is 1.80. The van der Waals surface area contributed by atoms with Gasteiger partial charge in [0, 0.05) is 41.3 Å². The van der Waals surface area contributed by atoms with Crippen molar-refractivity contribution in [3.05, 3.63) is 94.1 Å². The number of nitrogens with zero attached hydrogens (tertiary/aromatic N) is 2. The zero-order valence-corrected chi connectivity index (χ0v) is 25.6. The minimum atomic E-state index is -0.370. The molecule has 0 radical (unpaired) electrons. The van der Waals surface area contributed by atoms with E-state index < -0.39 is 0 Å². The van der Waals surface area contributed by atoms with Crippen LogP contribution in [0.2, 0.25) is 5.02 Å². The Morgan fingerprint density at radius 1 is 0.930 bits per heavy atom. The van der Waals surface area contributed by atoms with Gasteiger partial charge in [-0.05, 0) is 86.3 Å². The molecule has 1 aromatic heterocycles. The third-order valence-corrected chi connectivity index (χ3v) is 8.72. The molecule has 0 spiro atoms. The number of fused-ring (bicyclic) bond motifs is 3. The topological polar surface area (TPSA) is 67.0 Å². The maximum Gasteiger partial charge on any atom is 0.416 e. The van der Waals surface area contributed by atoms with E-state index in [0.29, 0.717) is 30.3 Å². The standard InChI is InChI=1S/C35H40ClN3O4/c1-25-6-11-29(12-7-25)43-35(40)39-18-16-30-31-24-27(36)10-15-32(31)37-33(30)34(39)26-8-13-28(14-9-26)42-21-5-3-2-4-17-38-19-22-41-23-20-38/h6-15,24,34,37H,2-5,16-23H2,1H3. The van der Waals surface area contributed by atoms with E-state index in [9.17, 15) is 4.79 Å². The Hall–Kier alpha value is -3.52. The number of H-pyrrole nitrogens is 1. The molecule has 1 fully saturated rings. The van der Waals surface area contributed by atoms with Crippen LogP contribution in [0.15, 0.2) is 66.7 Å². The Labute approximate surface area is 258 Å². The van der Waals surface area contributed by atoms with Crippen LogP contribution in [-0.4, -0.2) is 66.9 Å². The van der Waals surface area contributed by atoms with Gasteiger partial charge in [0.2, 0.25) is 0 Å². The smallest absolute Gasteiger partial charge is 0.416 e. The molecule has 8 heteroatoms. The molecule has 3 aromatic carbocycles. The third kappa shape index (κ3) is 7.18. The molecule has 1 atom stereocenters. The molecule has 0 saturated carbocycles. The Kier molecular flexibility index (Phi) is 9.51. The van der Waals surface area contributed by atoms with E-state index in [2.05, 4.69) is 22.0 Å². The molecule has 2 aliphatic heterocycles.